The number of fused-ring (bicyclic) bond motifs is 2. The third-order valence-corrected chi connectivity index (χ3v) is 4.36. The minimum absolute atomic E-state index is 0.165. The van der Waals surface area contributed by atoms with E-state index >= 15 is 0 Å². The highest BCUT2D eigenvalue weighted by Gasteiger charge is 2.12. The van der Waals surface area contributed by atoms with Gasteiger partial charge in [-0.1, -0.05) is 12.1 Å². The van der Waals surface area contributed by atoms with E-state index in [0.29, 0.717) is 12.2 Å². The molecule has 0 fully saturated rings. The van der Waals surface area contributed by atoms with Crippen LogP contribution in [0.3, 0.4) is 0 Å². The van der Waals surface area contributed by atoms with Gasteiger partial charge in [0.15, 0.2) is 0 Å². The molecule has 0 spiro atoms. The van der Waals surface area contributed by atoms with E-state index in [1.807, 2.05) is 60.1 Å². The molecule has 6 nitrogen and oxygen atoms in total. The lowest BCUT2D eigenvalue weighted by atomic mass is 10.2. The summed E-state index contributed by atoms with van der Waals surface area (Å²) in [4.78, 5) is 20.2. The molecule has 2 aromatic heterocycles. The van der Waals surface area contributed by atoms with Gasteiger partial charge in [-0.3, -0.25) is 4.79 Å². The summed E-state index contributed by atoms with van der Waals surface area (Å²) in [6.45, 7) is 0.364. The maximum absolute atomic E-state index is 12.5. The number of H-pyrrole nitrogens is 1. The number of carbonyl (C=O) groups is 1. The van der Waals surface area contributed by atoms with Crippen LogP contribution in [0.1, 0.15) is 16.3 Å². The van der Waals surface area contributed by atoms with Crippen molar-refractivity contribution >= 4 is 27.8 Å². The molecule has 0 bridgehead atoms. The predicted molar refractivity (Wildman–Crippen MR) is 96.7 cm³/mol. The van der Waals surface area contributed by atoms with Crippen molar-refractivity contribution in [2.75, 3.05) is 7.11 Å². The van der Waals surface area contributed by atoms with Crippen LogP contribution in [0.5, 0.6) is 5.75 Å². The number of para-hydroxylation sites is 2. The first-order valence-corrected chi connectivity index (χ1v) is 8.01. The zero-order chi connectivity index (χ0) is 17.4. The van der Waals surface area contributed by atoms with E-state index in [1.165, 1.54) is 0 Å². The maximum Gasteiger partial charge on any atom is 0.268 e. The molecule has 25 heavy (non-hydrogen) atoms. The predicted octanol–water partition coefficient (Wildman–Crippen LogP) is 2.99. The summed E-state index contributed by atoms with van der Waals surface area (Å²) in [5, 5.41) is 3.86. The fraction of sp³-hybridized carbons (Fsp3) is 0.158. The first kappa shape index (κ1) is 15.3. The highest BCUT2D eigenvalue weighted by molar-refractivity contribution is 5.98. The third-order valence-electron chi connectivity index (χ3n) is 4.36. The van der Waals surface area contributed by atoms with Gasteiger partial charge in [0.25, 0.3) is 5.91 Å². The summed E-state index contributed by atoms with van der Waals surface area (Å²) in [7, 11) is 3.57. The van der Waals surface area contributed by atoms with Crippen LogP contribution in [0, 0.1) is 0 Å². The zero-order valence-corrected chi connectivity index (χ0v) is 14.0. The number of aryl methyl sites for hydroxylation is 1. The Labute approximate surface area is 144 Å². The third kappa shape index (κ3) is 2.71. The Morgan fingerprint density at radius 1 is 1.24 bits per heavy atom. The fourth-order valence-electron chi connectivity index (χ4n) is 2.97. The molecule has 4 rings (SSSR count). The van der Waals surface area contributed by atoms with E-state index < -0.39 is 0 Å². The molecule has 0 saturated carbocycles. The Bertz CT molecular complexity index is 1080. The molecular formula is C19H18N4O2. The molecule has 0 aliphatic heterocycles. The summed E-state index contributed by atoms with van der Waals surface area (Å²) in [5.41, 5.74) is 3.38. The number of benzene rings is 2. The number of nitrogens with zero attached hydrogens (tertiary/aromatic N) is 2. The topological polar surface area (TPSA) is 71.9 Å². The van der Waals surface area contributed by atoms with Crippen LogP contribution in [-0.2, 0) is 13.6 Å². The number of ether oxygens (including phenoxy) is 1. The van der Waals surface area contributed by atoms with Crippen molar-refractivity contribution in [1.29, 1.82) is 0 Å². The number of aromatic amines is 1. The molecule has 2 aromatic carbocycles. The highest BCUT2D eigenvalue weighted by atomic mass is 16.5. The van der Waals surface area contributed by atoms with Gasteiger partial charge in [0, 0.05) is 18.0 Å². The number of carbonyl (C=O) groups excluding carboxylic acids is 1. The van der Waals surface area contributed by atoms with E-state index in [4.69, 9.17) is 4.74 Å². The molecule has 0 atom stereocenters. The summed E-state index contributed by atoms with van der Waals surface area (Å²) in [6.07, 6.45) is 0. The van der Waals surface area contributed by atoms with Crippen LogP contribution >= 0.6 is 0 Å². The molecule has 2 heterocycles. The molecule has 0 radical (unpaired) electrons. The average Bonchev–Trinajstić information content (AvgIpc) is 3.20. The van der Waals surface area contributed by atoms with Crippen molar-refractivity contribution in [3.8, 4) is 5.75 Å². The Morgan fingerprint density at radius 2 is 2.08 bits per heavy atom. The van der Waals surface area contributed by atoms with Gasteiger partial charge in [-0.15, -0.1) is 0 Å². The average molecular weight is 334 g/mol. The second-order valence-corrected chi connectivity index (χ2v) is 5.89. The summed E-state index contributed by atoms with van der Waals surface area (Å²) < 4.78 is 7.21. The molecule has 0 saturated heterocycles. The van der Waals surface area contributed by atoms with Gasteiger partial charge in [-0.05, 0) is 36.4 Å². The summed E-state index contributed by atoms with van der Waals surface area (Å²) in [5.74, 6) is 1.41. The largest absolute Gasteiger partial charge is 0.497 e. The van der Waals surface area contributed by atoms with Crippen molar-refractivity contribution in [3.05, 3.63) is 60.0 Å². The van der Waals surface area contributed by atoms with Crippen LogP contribution in [0.4, 0.5) is 0 Å². The molecule has 0 unspecified atom stereocenters. The lowest BCUT2D eigenvalue weighted by molar-refractivity contribution is 0.0945. The molecule has 6 heteroatoms. The van der Waals surface area contributed by atoms with Crippen molar-refractivity contribution in [2.45, 2.75) is 6.54 Å². The van der Waals surface area contributed by atoms with E-state index in [9.17, 15) is 4.79 Å². The van der Waals surface area contributed by atoms with Crippen LogP contribution in [0.2, 0.25) is 0 Å². The fourth-order valence-corrected chi connectivity index (χ4v) is 2.97. The summed E-state index contributed by atoms with van der Waals surface area (Å²) >= 11 is 0. The number of hydrogen-bond donors (Lipinski definition) is 2. The van der Waals surface area contributed by atoms with Gasteiger partial charge >= 0.3 is 0 Å². The van der Waals surface area contributed by atoms with E-state index in [1.54, 1.807) is 7.11 Å². The SMILES string of the molecule is COc1ccc2[nH]c(C(=O)NCc3nc4ccccc4n3C)cc2c1. The van der Waals surface area contributed by atoms with Crippen molar-refractivity contribution in [2.24, 2.45) is 7.05 Å². The number of nitrogens with one attached hydrogen (secondary N) is 2. The monoisotopic (exact) mass is 334 g/mol. The normalized spacial score (nSPS) is 11.1. The van der Waals surface area contributed by atoms with Gasteiger partial charge in [0.1, 0.15) is 17.3 Å². The number of imidazole rings is 1. The van der Waals surface area contributed by atoms with Gasteiger partial charge in [0.05, 0.1) is 24.7 Å². The zero-order valence-electron chi connectivity index (χ0n) is 14.0. The van der Waals surface area contributed by atoms with Crippen LogP contribution < -0.4 is 10.1 Å². The first-order chi connectivity index (χ1) is 12.2. The second kappa shape index (κ2) is 5.98. The number of rotatable bonds is 4. The Kier molecular flexibility index (Phi) is 3.65. The lowest BCUT2D eigenvalue weighted by Gasteiger charge is -2.04. The van der Waals surface area contributed by atoms with Crippen LogP contribution in [0.25, 0.3) is 21.9 Å². The van der Waals surface area contributed by atoms with Gasteiger partial charge < -0.3 is 19.6 Å². The Morgan fingerprint density at radius 3 is 2.88 bits per heavy atom. The van der Waals surface area contributed by atoms with Crippen LogP contribution in [0.15, 0.2) is 48.5 Å². The molecule has 0 aliphatic rings. The number of hydrogen-bond acceptors (Lipinski definition) is 3. The standard InChI is InChI=1S/C19H18N4O2/c1-23-17-6-4-3-5-15(17)22-18(23)11-20-19(24)16-10-12-9-13(25-2)7-8-14(12)21-16/h3-10,21H,11H2,1-2H3,(H,20,24). The lowest BCUT2D eigenvalue weighted by Crippen LogP contribution is -2.24. The number of methoxy groups -OCH3 is 1. The van der Waals surface area contributed by atoms with Crippen molar-refractivity contribution in [3.63, 3.8) is 0 Å². The van der Waals surface area contributed by atoms with Gasteiger partial charge in [-0.25, -0.2) is 4.98 Å². The smallest absolute Gasteiger partial charge is 0.268 e. The molecule has 126 valence electrons. The van der Waals surface area contributed by atoms with E-state index in [0.717, 1.165) is 33.5 Å². The van der Waals surface area contributed by atoms with Crippen molar-refractivity contribution < 1.29 is 9.53 Å². The van der Waals surface area contributed by atoms with Crippen molar-refractivity contribution in [1.82, 2.24) is 19.9 Å². The quantitative estimate of drug-likeness (QED) is 0.603. The van der Waals surface area contributed by atoms with E-state index in [2.05, 4.69) is 15.3 Å². The molecule has 0 aliphatic carbocycles. The minimum Gasteiger partial charge on any atom is -0.497 e. The highest BCUT2D eigenvalue weighted by Crippen LogP contribution is 2.21. The number of aromatic nitrogens is 3. The molecular weight excluding hydrogens is 316 g/mol. The number of amides is 1. The summed E-state index contributed by atoms with van der Waals surface area (Å²) in [6, 6.07) is 15.4. The second-order valence-electron chi connectivity index (χ2n) is 5.89. The first-order valence-electron chi connectivity index (χ1n) is 8.01. The van der Waals surface area contributed by atoms with Gasteiger partial charge in [0.2, 0.25) is 0 Å². The Balaban J connectivity index is 1.54. The molecule has 1 amide bonds. The van der Waals surface area contributed by atoms with Crippen LogP contribution in [-0.4, -0.2) is 27.6 Å². The van der Waals surface area contributed by atoms with Gasteiger partial charge in [-0.2, -0.15) is 0 Å². The Hall–Kier alpha value is -3.28. The minimum atomic E-state index is -0.165. The van der Waals surface area contributed by atoms with E-state index in [-0.39, 0.29) is 5.91 Å². The molecule has 4 aromatic rings. The maximum atomic E-state index is 12.5. The molecule has 2 N–H and O–H groups in total.